The van der Waals surface area contributed by atoms with Crippen LogP contribution in [-0.4, -0.2) is 65.0 Å². The van der Waals surface area contributed by atoms with Gasteiger partial charge in [0.2, 0.25) is 0 Å². The second kappa shape index (κ2) is 12.1. The lowest BCUT2D eigenvalue weighted by atomic mass is 10.2. The van der Waals surface area contributed by atoms with Gasteiger partial charge in [0.25, 0.3) is 15.9 Å². The molecule has 0 spiro atoms. The Morgan fingerprint density at radius 3 is 2.28 bits per heavy atom. The molecule has 1 aromatic heterocycles. The summed E-state index contributed by atoms with van der Waals surface area (Å²) in [6.45, 7) is 5.36. The minimum atomic E-state index is -3.79. The number of hydrogen-bond donors (Lipinski definition) is 0. The second-order valence-electron chi connectivity index (χ2n) is 9.40. The summed E-state index contributed by atoms with van der Waals surface area (Å²) in [5.74, 6) is 0.427. The average molecular weight is 567 g/mol. The third-order valence-corrected chi connectivity index (χ3v) is 9.53. The van der Waals surface area contributed by atoms with Gasteiger partial charge in [0, 0.05) is 18.7 Å². The number of thiazole rings is 1. The number of amides is 1. The van der Waals surface area contributed by atoms with Crippen molar-refractivity contribution in [1.29, 1.82) is 0 Å². The predicted octanol–water partition coefficient (Wildman–Crippen LogP) is 5.43. The highest BCUT2D eigenvalue weighted by atomic mass is 32.2. The molecule has 0 aliphatic carbocycles. The average Bonchev–Trinajstić information content (AvgIpc) is 3.38. The van der Waals surface area contributed by atoms with E-state index in [0.29, 0.717) is 28.7 Å². The fourth-order valence-electron chi connectivity index (χ4n) is 4.35. The molecule has 10 heteroatoms. The van der Waals surface area contributed by atoms with E-state index in [9.17, 15) is 13.2 Å². The Morgan fingerprint density at radius 2 is 1.67 bits per heavy atom. The molecule has 0 N–H and O–H groups in total. The van der Waals surface area contributed by atoms with Crippen LogP contribution >= 0.6 is 11.3 Å². The number of methoxy groups -OCH3 is 1. The molecular formula is C29H34N4O4S2. The summed E-state index contributed by atoms with van der Waals surface area (Å²) < 4.78 is 34.6. The van der Waals surface area contributed by atoms with E-state index in [0.717, 1.165) is 28.7 Å². The van der Waals surface area contributed by atoms with Crippen LogP contribution in [0.2, 0.25) is 0 Å². The van der Waals surface area contributed by atoms with Crippen LogP contribution in [0.5, 0.6) is 5.75 Å². The number of sulfonamides is 1. The molecular weight excluding hydrogens is 532 g/mol. The van der Waals surface area contributed by atoms with E-state index in [2.05, 4.69) is 4.90 Å². The van der Waals surface area contributed by atoms with Gasteiger partial charge in [0.15, 0.2) is 5.13 Å². The van der Waals surface area contributed by atoms with E-state index in [4.69, 9.17) is 9.72 Å². The van der Waals surface area contributed by atoms with Crippen LogP contribution in [0.1, 0.15) is 29.3 Å². The molecule has 0 unspecified atom stereocenters. The first kappa shape index (κ1) is 28.5. The van der Waals surface area contributed by atoms with Crippen molar-refractivity contribution in [2.24, 2.45) is 0 Å². The molecule has 0 saturated heterocycles. The zero-order valence-electron chi connectivity index (χ0n) is 22.9. The number of fused-ring (bicyclic) bond motifs is 1. The molecule has 206 valence electrons. The molecule has 0 atom stereocenters. The first-order valence-corrected chi connectivity index (χ1v) is 15.0. The largest absolute Gasteiger partial charge is 0.494 e. The van der Waals surface area contributed by atoms with Crippen molar-refractivity contribution in [2.75, 3.05) is 50.0 Å². The second-order valence-corrected chi connectivity index (χ2v) is 12.2. The third kappa shape index (κ3) is 6.08. The molecule has 0 fully saturated rings. The number of nitrogens with zero attached hydrogens (tertiary/aromatic N) is 4. The number of carbonyl (C=O) groups excluding carboxylic acids is 1. The molecule has 0 aliphatic rings. The Kier molecular flexibility index (Phi) is 8.89. The smallest absolute Gasteiger partial charge is 0.264 e. The van der Waals surface area contributed by atoms with E-state index >= 15 is 0 Å². The van der Waals surface area contributed by atoms with Crippen molar-refractivity contribution < 1.29 is 17.9 Å². The van der Waals surface area contributed by atoms with E-state index < -0.39 is 10.0 Å². The van der Waals surface area contributed by atoms with Crippen molar-refractivity contribution in [2.45, 2.75) is 25.2 Å². The van der Waals surface area contributed by atoms with Crippen LogP contribution in [-0.2, 0) is 10.0 Å². The Balaban J connectivity index is 1.67. The summed E-state index contributed by atoms with van der Waals surface area (Å²) in [6, 6.07) is 19.0. The normalized spacial score (nSPS) is 11.6. The maximum Gasteiger partial charge on any atom is 0.264 e. The molecule has 4 aromatic rings. The number of anilines is 2. The number of benzene rings is 3. The van der Waals surface area contributed by atoms with Gasteiger partial charge < -0.3 is 9.64 Å². The van der Waals surface area contributed by atoms with Gasteiger partial charge in [-0.05, 0) is 88.9 Å². The minimum absolute atomic E-state index is 0.129. The first-order chi connectivity index (χ1) is 18.7. The maximum absolute atomic E-state index is 13.8. The summed E-state index contributed by atoms with van der Waals surface area (Å²) in [6.07, 6.45) is 0.750. The van der Waals surface area contributed by atoms with E-state index in [1.165, 1.54) is 27.8 Å². The monoisotopic (exact) mass is 566 g/mol. The highest BCUT2D eigenvalue weighted by molar-refractivity contribution is 7.92. The van der Waals surface area contributed by atoms with Gasteiger partial charge in [0.05, 0.1) is 22.4 Å². The number of rotatable bonds is 11. The van der Waals surface area contributed by atoms with Crippen molar-refractivity contribution in [3.05, 3.63) is 77.9 Å². The highest BCUT2D eigenvalue weighted by Crippen LogP contribution is 2.37. The van der Waals surface area contributed by atoms with Crippen LogP contribution in [0.25, 0.3) is 10.2 Å². The zero-order valence-corrected chi connectivity index (χ0v) is 24.6. The summed E-state index contributed by atoms with van der Waals surface area (Å²) in [5, 5.41) is 0.583. The van der Waals surface area contributed by atoms with Crippen molar-refractivity contribution in [1.82, 2.24) is 9.88 Å². The quantitative estimate of drug-likeness (QED) is 0.241. The SMILES string of the molecule is CCN(c1ccccc1)S(=O)(=O)c1ccc(C(=O)N(CCCN(C)C)c2nc3c(OC)ccc(C)c3s2)cc1. The van der Waals surface area contributed by atoms with Gasteiger partial charge in [-0.2, -0.15) is 0 Å². The lowest BCUT2D eigenvalue weighted by Crippen LogP contribution is -2.33. The topological polar surface area (TPSA) is 83.1 Å². The molecule has 0 radical (unpaired) electrons. The van der Waals surface area contributed by atoms with Crippen molar-refractivity contribution in [3.63, 3.8) is 0 Å². The lowest BCUT2D eigenvalue weighted by molar-refractivity contribution is 0.0986. The molecule has 0 bridgehead atoms. The van der Waals surface area contributed by atoms with Gasteiger partial charge in [-0.15, -0.1) is 0 Å². The van der Waals surface area contributed by atoms with Crippen LogP contribution in [0.4, 0.5) is 10.8 Å². The summed E-state index contributed by atoms with van der Waals surface area (Å²) in [5.41, 5.74) is 2.77. The van der Waals surface area contributed by atoms with E-state index in [-0.39, 0.29) is 17.3 Å². The third-order valence-electron chi connectivity index (χ3n) is 6.40. The molecule has 4 rings (SSSR count). The number of aryl methyl sites for hydroxylation is 1. The molecule has 3 aromatic carbocycles. The Labute approximate surface area is 234 Å². The van der Waals surface area contributed by atoms with Gasteiger partial charge in [0.1, 0.15) is 11.3 Å². The fourth-order valence-corrected chi connectivity index (χ4v) is 6.90. The van der Waals surface area contributed by atoms with Crippen molar-refractivity contribution in [3.8, 4) is 5.75 Å². The van der Waals surface area contributed by atoms with Crippen LogP contribution in [0.3, 0.4) is 0 Å². The van der Waals surface area contributed by atoms with Gasteiger partial charge in [-0.25, -0.2) is 13.4 Å². The minimum Gasteiger partial charge on any atom is -0.494 e. The van der Waals surface area contributed by atoms with Crippen LogP contribution < -0.4 is 13.9 Å². The number of hydrogen-bond acceptors (Lipinski definition) is 7. The number of ether oxygens (including phenoxy) is 1. The number of aromatic nitrogens is 1. The predicted molar refractivity (Wildman–Crippen MR) is 159 cm³/mol. The Bertz CT molecular complexity index is 1540. The van der Waals surface area contributed by atoms with Gasteiger partial charge in [-0.1, -0.05) is 35.6 Å². The van der Waals surface area contributed by atoms with Crippen LogP contribution in [0, 0.1) is 6.92 Å². The van der Waals surface area contributed by atoms with Crippen LogP contribution in [0.15, 0.2) is 71.6 Å². The molecule has 39 heavy (non-hydrogen) atoms. The molecule has 8 nitrogen and oxygen atoms in total. The highest BCUT2D eigenvalue weighted by Gasteiger charge is 2.26. The van der Waals surface area contributed by atoms with Gasteiger partial charge in [-0.3, -0.25) is 14.0 Å². The Hall–Kier alpha value is -3.47. The summed E-state index contributed by atoms with van der Waals surface area (Å²) >= 11 is 1.45. The standard InChI is InChI=1S/C29H34N4O4S2/c1-6-33(23-11-8-7-9-12-23)39(35,36)24-16-14-22(15-17-24)28(34)32(20-10-19-31(3)4)29-30-26-25(37-5)18-13-21(2)27(26)38-29/h7-9,11-18H,6,10,19-20H2,1-5H3. The van der Waals surface area contributed by atoms with Crippen molar-refractivity contribution >= 4 is 48.3 Å². The maximum atomic E-state index is 13.8. The molecule has 1 heterocycles. The van der Waals surface area contributed by atoms with E-state index in [1.54, 1.807) is 55.3 Å². The Morgan fingerprint density at radius 1 is 0.974 bits per heavy atom. The molecule has 0 aliphatic heterocycles. The lowest BCUT2D eigenvalue weighted by Gasteiger charge is -2.23. The number of para-hydroxylation sites is 1. The van der Waals surface area contributed by atoms with Gasteiger partial charge >= 0.3 is 0 Å². The summed E-state index contributed by atoms with van der Waals surface area (Å²) in [4.78, 5) is 22.5. The van der Waals surface area contributed by atoms with E-state index in [1.807, 2.05) is 39.2 Å². The first-order valence-electron chi connectivity index (χ1n) is 12.8. The zero-order chi connectivity index (χ0) is 28.2. The fraction of sp³-hybridized carbons (Fsp3) is 0.310. The number of carbonyl (C=O) groups is 1. The summed E-state index contributed by atoms with van der Waals surface area (Å²) in [7, 11) is 1.80. The molecule has 1 amide bonds. The molecule has 0 saturated carbocycles.